The van der Waals surface area contributed by atoms with Gasteiger partial charge in [0.15, 0.2) is 17.3 Å². The maximum absolute atomic E-state index is 14.6. The second-order valence-corrected chi connectivity index (χ2v) is 9.15. The summed E-state index contributed by atoms with van der Waals surface area (Å²) < 4.78 is 36.8. The van der Waals surface area contributed by atoms with E-state index in [2.05, 4.69) is 20.0 Å². The zero-order chi connectivity index (χ0) is 24.5. The molecule has 8 nitrogen and oxygen atoms in total. The highest BCUT2D eigenvalue weighted by atomic mass is 19.1. The minimum Gasteiger partial charge on any atom is -0.486 e. The molecule has 0 radical (unpaired) electrons. The van der Waals surface area contributed by atoms with Crippen molar-refractivity contribution in [1.82, 2.24) is 20.0 Å². The molecule has 36 heavy (non-hydrogen) atoms. The van der Waals surface area contributed by atoms with Crippen molar-refractivity contribution in [1.29, 1.82) is 0 Å². The van der Waals surface area contributed by atoms with Gasteiger partial charge >= 0.3 is 0 Å². The standard InChI is InChI=1S/C27H27FN4O4/c1-33-26-5-3-21-27(30-26)19(20(28)16-29-21)8-11-32-9-6-17(7-10-32)22-15-24(36-31-22)18-2-4-23-25(14-18)35-13-12-34-23/h2-5,14-17H,6-13H2,1H3. The van der Waals surface area contributed by atoms with Crippen LogP contribution in [0, 0.1) is 5.82 Å². The molecule has 0 bridgehead atoms. The van der Waals surface area contributed by atoms with Gasteiger partial charge in [-0.3, -0.25) is 4.98 Å². The van der Waals surface area contributed by atoms with Crippen LogP contribution >= 0.6 is 0 Å². The molecule has 0 unspecified atom stereocenters. The van der Waals surface area contributed by atoms with E-state index in [1.165, 1.54) is 6.20 Å². The Morgan fingerprint density at radius 1 is 1.06 bits per heavy atom. The first kappa shape index (κ1) is 22.7. The zero-order valence-corrected chi connectivity index (χ0v) is 20.1. The highest BCUT2D eigenvalue weighted by Crippen LogP contribution is 2.36. The van der Waals surface area contributed by atoms with Gasteiger partial charge in [0.2, 0.25) is 5.88 Å². The fraction of sp³-hybridized carbons (Fsp3) is 0.370. The minimum absolute atomic E-state index is 0.326. The first-order valence-electron chi connectivity index (χ1n) is 12.2. The summed E-state index contributed by atoms with van der Waals surface area (Å²) >= 11 is 0. The average molecular weight is 491 g/mol. The smallest absolute Gasteiger partial charge is 0.213 e. The lowest BCUT2D eigenvalue weighted by Crippen LogP contribution is -2.34. The molecule has 1 aromatic carbocycles. The molecule has 3 aromatic heterocycles. The van der Waals surface area contributed by atoms with Crippen LogP contribution in [0.1, 0.15) is 30.0 Å². The normalized spacial score (nSPS) is 16.4. The lowest BCUT2D eigenvalue weighted by molar-refractivity contribution is 0.171. The summed E-state index contributed by atoms with van der Waals surface area (Å²) in [6.07, 6.45) is 3.79. The number of benzene rings is 1. The predicted octanol–water partition coefficient (Wildman–Crippen LogP) is 4.63. The molecular formula is C27H27FN4O4. The third-order valence-electron chi connectivity index (χ3n) is 6.99. The van der Waals surface area contributed by atoms with Gasteiger partial charge < -0.3 is 23.6 Å². The second-order valence-electron chi connectivity index (χ2n) is 9.15. The van der Waals surface area contributed by atoms with Crippen molar-refractivity contribution in [3.8, 4) is 28.7 Å². The SMILES string of the molecule is COc1ccc2ncc(F)c(CCN3CCC(c4cc(-c5ccc6c(c5)OCCO6)on4)CC3)c2n1. The predicted molar refractivity (Wildman–Crippen MR) is 131 cm³/mol. The second kappa shape index (κ2) is 9.73. The van der Waals surface area contributed by atoms with Crippen LogP contribution in [0.2, 0.25) is 0 Å². The van der Waals surface area contributed by atoms with Crippen molar-refractivity contribution in [2.24, 2.45) is 0 Å². The van der Waals surface area contributed by atoms with Crippen molar-refractivity contribution in [2.75, 3.05) is 40.0 Å². The van der Waals surface area contributed by atoms with E-state index in [9.17, 15) is 4.39 Å². The molecule has 186 valence electrons. The third kappa shape index (κ3) is 4.46. The monoisotopic (exact) mass is 490 g/mol. The fourth-order valence-corrected chi connectivity index (χ4v) is 4.97. The van der Waals surface area contributed by atoms with Crippen LogP contribution in [0.3, 0.4) is 0 Å². The summed E-state index contributed by atoms with van der Waals surface area (Å²) in [7, 11) is 1.55. The number of aromatic nitrogens is 3. The first-order chi connectivity index (χ1) is 17.7. The average Bonchev–Trinajstić information content (AvgIpc) is 3.43. The molecule has 2 aliphatic rings. The summed E-state index contributed by atoms with van der Waals surface area (Å²) in [6, 6.07) is 11.4. The van der Waals surface area contributed by atoms with Crippen LogP contribution in [-0.4, -0.2) is 60.0 Å². The number of fused-ring (bicyclic) bond motifs is 2. The number of hydrogen-bond donors (Lipinski definition) is 0. The Balaban J connectivity index is 1.09. The van der Waals surface area contributed by atoms with Crippen LogP contribution in [0.4, 0.5) is 4.39 Å². The van der Waals surface area contributed by atoms with Gasteiger partial charge in [0.25, 0.3) is 0 Å². The van der Waals surface area contributed by atoms with Gasteiger partial charge in [-0.15, -0.1) is 0 Å². The van der Waals surface area contributed by atoms with Crippen molar-refractivity contribution >= 4 is 11.0 Å². The van der Waals surface area contributed by atoms with Gasteiger partial charge in [0, 0.05) is 35.7 Å². The van der Waals surface area contributed by atoms with Crippen molar-refractivity contribution in [3.63, 3.8) is 0 Å². The highest BCUT2D eigenvalue weighted by molar-refractivity contribution is 5.78. The summed E-state index contributed by atoms with van der Waals surface area (Å²) in [6.45, 7) is 3.70. The molecular weight excluding hydrogens is 463 g/mol. The quantitative estimate of drug-likeness (QED) is 0.387. The third-order valence-corrected chi connectivity index (χ3v) is 6.99. The number of nitrogens with zero attached hydrogens (tertiary/aromatic N) is 4. The molecule has 6 rings (SSSR count). The van der Waals surface area contributed by atoms with Crippen molar-refractivity contribution < 1.29 is 23.1 Å². The topological polar surface area (TPSA) is 82.7 Å². The Kier molecular flexibility index (Phi) is 6.14. The van der Waals surface area contributed by atoms with Gasteiger partial charge in [-0.2, -0.15) is 0 Å². The van der Waals surface area contributed by atoms with Crippen LogP contribution in [0.25, 0.3) is 22.4 Å². The Labute approximate surface area is 208 Å². The Hall–Kier alpha value is -3.72. The molecule has 4 aromatic rings. The number of likely N-dealkylation sites (tertiary alicyclic amines) is 1. The number of methoxy groups -OCH3 is 1. The number of halogens is 1. The van der Waals surface area contributed by atoms with Gasteiger partial charge in [0.05, 0.1) is 30.0 Å². The van der Waals surface area contributed by atoms with Crippen molar-refractivity contribution in [3.05, 3.63) is 59.7 Å². The molecule has 0 aliphatic carbocycles. The summed E-state index contributed by atoms with van der Waals surface area (Å²) in [5, 5.41) is 4.37. The summed E-state index contributed by atoms with van der Waals surface area (Å²) in [4.78, 5) is 11.0. The fourth-order valence-electron chi connectivity index (χ4n) is 4.97. The Bertz CT molecular complexity index is 1380. The number of piperidine rings is 1. The molecule has 0 N–H and O–H groups in total. The molecule has 0 saturated carbocycles. The Morgan fingerprint density at radius 3 is 2.72 bits per heavy atom. The van der Waals surface area contributed by atoms with Crippen LogP contribution in [-0.2, 0) is 6.42 Å². The minimum atomic E-state index is -0.326. The van der Waals surface area contributed by atoms with E-state index in [0.717, 1.165) is 61.0 Å². The molecule has 0 atom stereocenters. The van der Waals surface area contributed by atoms with E-state index in [1.54, 1.807) is 13.2 Å². The number of rotatable bonds is 6. The molecule has 9 heteroatoms. The van der Waals surface area contributed by atoms with Gasteiger partial charge in [-0.05, 0) is 56.6 Å². The summed E-state index contributed by atoms with van der Waals surface area (Å²) in [5.41, 5.74) is 3.72. The molecule has 1 saturated heterocycles. The summed E-state index contributed by atoms with van der Waals surface area (Å²) in [5.74, 6) is 2.68. The Morgan fingerprint density at radius 2 is 1.89 bits per heavy atom. The van der Waals surface area contributed by atoms with E-state index < -0.39 is 0 Å². The lowest BCUT2D eigenvalue weighted by atomic mass is 9.93. The van der Waals surface area contributed by atoms with E-state index in [1.807, 2.05) is 30.3 Å². The van der Waals surface area contributed by atoms with E-state index in [0.29, 0.717) is 48.0 Å². The molecule has 0 amide bonds. The zero-order valence-electron chi connectivity index (χ0n) is 20.1. The number of pyridine rings is 2. The number of ether oxygens (including phenoxy) is 3. The first-order valence-corrected chi connectivity index (χ1v) is 12.2. The van der Waals surface area contributed by atoms with Crippen LogP contribution < -0.4 is 14.2 Å². The highest BCUT2D eigenvalue weighted by Gasteiger charge is 2.25. The van der Waals surface area contributed by atoms with Crippen molar-refractivity contribution in [2.45, 2.75) is 25.2 Å². The molecule has 5 heterocycles. The van der Waals surface area contributed by atoms with Gasteiger partial charge in [-0.25, -0.2) is 9.37 Å². The van der Waals surface area contributed by atoms with Gasteiger partial charge in [0.1, 0.15) is 19.0 Å². The molecule has 2 aliphatic heterocycles. The molecule has 1 fully saturated rings. The van der Waals surface area contributed by atoms with Gasteiger partial charge in [-0.1, -0.05) is 5.16 Å². The van der Waals surface area contributed by atoms with E-state index >= 15 is 0 Å². The lowest BCUT2D eigenvalue weighted by Gasteiger charge is -2.31. The van der Waals surface area contributed by atoms with Crippen LogP contribution in [0.15, 0.2) is 47.1 Å². The molecule has 0 spiro atoms. The largest absolute Gasteiger partial charge is 0.486 e. The maximum atomic E-state index is 14.6. The van der Waals surface area contributed by atoms with Crippen LogP contribution in [0.5, 0.6) is 17.4 Å². The number of hydrogen-bond acceptors (Lipinski definition) is 8. The maximum Gasteiger partial charge on any atom is 0.213 e. The van der Waals surface area contributed by atoms with E-state index in [-0.39, 0.29) is 5.82 Å². The van der Waals surface area contributed by atoms with E-state index in [4.69, 9.17) is 18.7 Å².